The number of ether oxygens (including phenoxy) is 1. The van der Waals surface area contributed by atoms with Crippen molar-refractivity contribution in [3.63, 3.8) is 0 Å². The van der Waals surface area contributed by atoms with Crippen molar-refractivity contribution in [2.75, 3.05) is 24.9 Å². The van der Waals surface area contributed by atoms with Gasteiger partial charge in [-0.1, -0.05) is 35.3 Å². The number of rotatable bonds is 6. The first-order chi connectivity index (χ1) is 15.9. The number of hydrogen-bond acceptors (Lipinski definition) is 5. The van der Waals surface area contributed by atoms with Gasteiger partial charge in [-0.25, -0.2) is 8.42 Å². The van der Waals surface area contributed by atoms with E-state index in [1.54, 1.807) is 24.3 Å². The Labute approximate surface area is 209 Å². The van der Waals surface area contributed by atoms with Gasteiger partial charge in [0.25, 0.3) is 10.0 Å². The predicted octanol–water partition coefficient (Wildman–Crippen LogP) is 6.62. The third kappa shape index (κ3) is 5.63. The van der Waals surface area contributed by atoms with E-state index < -0.39 is 33.6 Å². The molecule has 0 bridgehead atoms. The number of anilines is 1. The highest BCUT2D eigenvalue weighted by molar-refractivity contribution is 7.94. The molecule has 3 aromatic rings. The fourth-order valence-corrected chi connectivity index (χ4v) is 6.57. The van der Waals surface area contributed by atoms with Gasteiger partial charge in [-0.05, 0) is 49.4 Å². The van der Waals surface area contributed by atoms with Crippen molar-refractivity contribution < 1.29 is 26.3 Å². The first kappa shape index (κ1) is 25.1. The molecule has 0 aliphatic carbocycles. The monoisotopic (exact) mass is 550 g/mol. The fraction of sp³-hybridized carbons (Fsp3) is 0.273. The number of likely N-dealkylation sites (tertiary alicyclic amines) is 1. The molecule has 1 aliphatic heterocycles. The van der Waals surface area contributed by atoms with Gasteiger partial charge in [-0.3, -0.25) is 4.72 Å². The minimum atomic E-state index is -4.65. The number of hydrogen-bond donors (Lipinski definition) is 1. The Morgan fingerprint density at radius 1 is 1.12 bits per heavy atom. The van der Waals surface area contributed by atoms with Gasteiger partial charge in [0.2, 0.25) is 0 Å². The van der Waals surface area contributed by atoms with Gasteiger partial charge in [0, 0.05) is 24.2 Å². The van der Waals surface area contributed by atoms with E-state index in [0.29, 0.717) is 35.0 Å². The molecule has 34 heavy (non-hydrogen) atoms. The van der Waals surface area contributed by atoms with Crippen LogP contribution in [0.4, 0.5) is 18.9 Å². The number of nitrogens with one attached hydrogen (secondary N) is 1. The van der Waals surface area contributed by atoms with Crippen molar-refractivity contribution >= 4 is 50.2 Å². The van der Waals surface area contributed by atoms with Crippen LogP contribution in [-0.2, 0) is 16.2 Å². The highest BCUT2D eigenvalue weighted by atomic mass is 35.5. The third-order valence-electron chi connectivity index (χ3n) is 5.22. The molecule has 1 atom stereocenters. The van der Waals surface area contributed by atoms with E-state index >= 15 is 0 Å². The molecule has 1 N–H and O–H groups in total. The first-order valence-electron chi connectivity index (χ1n) is 10.1. The summed E-state index contributed by atoms with van der Waals surface area (Å²) in [6.45, 7) is 1.18. The largest absolute Gasteiger partial charge is 0.488 e. The Morgan fingerprint density at radius 3 is 2.44 bits per heavy atom. The lowest BCUT2D eigenvalue weighted by atomic mass is 10.1. The maximum atomic E-state index is 13.5. The summed E-state index contributed by atoms with van der Waals surface area (Å²) in [5.74, 6) is -0.418. The molecule has 0 amide bonds. The van der Waals surface area contributed by atoms with Crippen molar-refractivity contribution in [1.82, 2.24) is 4.90 Å². The molecule has 2 heterocycles. The van der Waals surface area contributed by atoms with Crippen LogP contribution in [0.3, 0.4) is 0 Å². The summed E-state index contributed by atoms with van der Waals surface area (Å²) in [5.41, 5.74) is -0.325. The molecule has 5 nitrogen and oxygen atoms in total. The molecular weight excluding hydrogens is 532 g/mol. The van der Waals surface area contributed by atoms with Crippen molar-refractivity contribution in [1.29, 1.82) is 0 Å². The maximum absolute atomic E-state index is 13.5. The Bertz CT molecular complexity index is 1300. The molecule has 1 fully saturated rings. The minimum Gasteiger partial charge on any atom is -0.488 e. The van der Waals surface area contributed by atoms with Crippen LogP contribution < -0.4 is 9.46 Å². The molecule has 1 saturated heterocycles. The van der Waals surface area contributed by atoms with E-state index in [9.17, 15) is 21.6 Å². The number of sulfonamides is 1. The van der Waals surface area contributed by atoms with Crippen molar-refractivity contribution in [2.24, 2.45) is 0 Å². The van der Waals surface area contributed by atoms with Crippen LogP contribution in [0.5, 0.6) is 5.75 Å². The Hall–Kier alpha value is -1.98. The molecule has 1 aromatic heterocycles. The summed E-state index contributed by atoms with van der Waals surface area (Å²) in [7, 11) is -2.27. The molecule has 2 aromatic carbocycles. The average molecular weight is 551 g/mol. The van der Waals surface area contributed by atoms with E-state index in [1.807, 2.05) is 11.9 Å². The number of thiophene rings is 1. The zero-order valence-corrected chi connectivity index (χ0v) is 20.8. The molecule has 0 saturated carbocycles. The van der Waals surface area contributed by atoms with Crippen molar-refractivity contribution in [3.05, 3.63) is 64.1 Å². The van der Waals surface area contributed by atoms with Crippen LogP contribution in [-0.4, -0.2) is 39.6 Å². The number of likely N-dealkylation sites (N-methyl/N-ethyl adjacent to an activating group) is 1. The van der Waals surface area contributed by atoms with E-state index in [2.05, 4.69) is 4.72 Å². The zero-order chi connectivity index (χ0) is 24.7. The molecule has 182 valence electrons. The van der Waals surface area contributed by atoms with Gasteiger partial charge in [0.1, 0.15) is 16.1 Å². The van der Waals surface area contributed by atoms with Crippen LogP contribution in [0.15, 0.2) is 52.7 Å². The molecule has 4 rings (SSSR count). The smallest absolute Gasteiger partial charge is 0.419 e. The minimum absolute atomic E-state index is 0.0492. The predicted molar refractivity (Wildman–Crippen MR) is 129 cm³/mol. The number of nitrogens with zero attached hydrogens (tertiary/aromatic N) is 1. The van der Waals surface area contributed by atoms with Crippen molar-refractivity contribution in [2.45, 2.75) is 22.9 Å². The first-order valence-corrected chi connectivity index (χ1v) is 13.1. The van der Waals surface area contributed by atoms with Crippen LogP contribution in [0.25, 0.3) is 10.4 Å². The van der Waals surface area contributed by atoms with E-state index in [-0.39, 0.29) is 14.9 Å². The second-order valence-electron chi connectivity index (χ2n) is 7.85. The summed E-state index contributed by atoms with van der Waals surface area (Å²) >= 11 is 13.1. The summed E-state index contributed by atoms with van der Waals surface area (Å²) in [6.07, 6.45) is -4.49. The average Bonchev–Trinajstić information content (AvgIpc) is 3.33. The number of halogens is 5. The lowest BCUT2D eigenvalue weighted by Crippen LogP contribution is -2.23. The zero-order valence-electron chi connectivity index (χ0n) is 17.7. The van der Waals surface area contributed by atoms with Crippen molar-refractivity contribution in [3.8, 4) is 16.2 Å². The molecular formula is C22H19Cl2F3N2O3S2. The summed E-state index contributed by atoms with van der Waals surface area (Å²) in [5, 5.41) is 0.755. The van der Waals surface area contributed by atoms with Gasteiger partial charge >= 0.3 is 6.18 Å². The van der Waals surface area contributed by atoms with Crippen LogP contribution in [0.2, 0.25) is 10.0 Å². The lowest BCUT2D eigenvalue weighted by molar-refractivity contribution is -0.139. The van der Waals surface area contributed by atoms with Crippen LogP contribution in [0, 0.1) is 0 Å². The molecule has 0 radical (unpaired) electrons. The van der Waals surface area contributed by atoms with E-state index in [1.165, 1.54) is 6.07 Å². The van der Waals surface area contributed by atoms with Crippen LogP contribution in [0.1, 0.15) is 12.0 Å². The normalized spacial score (nSPS) is 17.2. The second kappa shape index (κ2) is 9.58. The van der Waals surface area contributed by atoms with Crippen LogP contribution >= 0.6 is 34.5 Å². The van der Waals surface area contributed by atoms with Gasteiger partial charge in [-0.15, -0.1) is 11.3 Å². The maximum Gasteiger partial charge on any atom is 0.419 e. The molecule has 1 aliphatic rings. The number of benzene rings is 2. The Kier molecular flexibility index (Phi) is 7.08. The quantitative estimate of drug-likeness (QED) is 0.374. The van der Waals surface area contributed by atoms with Gasteiger partial charge in [0.05, 0.1) is 21.2 Å². The highest BCUT2D eigenvalue weighted by Gasteiger charge is 2.36. The highest BCUT2D eigenvalue weighted by Crippen LogP contribution is 2.41. The Morgan fingerprint density at radius 2 is 1.82 bits per heavy atom. The standard InChI is InChI=1S/C22H19Cl2F3N2O3S2/c1-29-9-8-16(12-29)32-19-10-15(6-7-17(19)22(25,26)27)28-34(30,31)20-11-18(24)21(33-20)13-2-4-14(23)5-3-13/h2-7,10-11,16,28H,8-9,12H2,1H3/t16-/m1/s1. The van der Waals surface area contributed by atoms with E-state index in [4.69, 9.17) is 27.9 Å². The van der Waals surface area contributed by atoms with Gasteiger partial charge < -0.3 is 9.64 Å². The molecule has 12 heteroatoms. The molecule has 0 spiro atoms. The topological polar surface area (TPSA) is 58.6 Å². The molecule has 0 unspecified atom stereocenters. The number of alkyl halides is 3. The summed E-state index contributed by atoms with van der Waals surface area (Å²) in [4.78, 5) is 2.48. The fourth-order valence-electron chi connectivity index (χ4n) is 3.57. The van der Waals surface area contributed by atoms with Gasteiger partial charge in [0.15, 0.2) is 0 Å². The summed E-state index contributed by atoms with van der Waals surface area (Å²) in [6, 6.07) is 11.0. The lowest BCUT2D eigenvalue weighted by Gasteiger charge is -2.19. The summed E-state index contributed by atoms with van der Waals surface area (Å²) < 4.78 is 74.4. The second-order valence-corrected chi connectivity index (χ2v) is 11.7. The van der Waals surface area contributed by atoms with Gasteiger partial charge in [-0.2, -0.15) is 13.2 Å². The SMILES string of the molecule is CN1CC[C@@H](Oc2cc(NS(=O)(=O)c3cc(Cl)c(-c4ccc(Cl)cc4)s3)ccc2C(F)(F)F)C1. The third-order valence-corrected chi connectivity index (χ3v) is 8.92. The van der Waals surface area contributed by atoms with E-state index in [0.717, 1.165) is 29.5 Å². The Balaban J connectivity index is 1.62.